The van der Waals surface area contributed by atoms with Crippen molar-refractivity contribution < 1.29 is 12.3 Å². The quantitative estimate of drug-likeness (QED) is 0.346. The molecular formula is C12H16FN3O2S. The SMILES string of the molecule is CC(C)C(CS(=O)(=O)F)c1ccc(CN=[N+]=[N-])cc1. The van der Waals surface area contributed by atoms with E-state index in [9.17, 15) is 12.3 Å². The van der Waals surface area contributed by atoms with E-state index >= 15 is 0 Å². The summed E-state index contributed by atoms with van der Waals surface area (Å²) in [5.41, 5.74) is 9.81. The molecule has 104 valence electrons. The topological polar surface area (TPSA) is 82.9 Å². The standard InChI is InChI=1S/C12H16FN3O2S/c1-9(2)12(8-19(13,17)18)11-5-3-10(4-6-11)7-15-16-14/h3-6,9,12H,7-8H2,1-2H3. The van der Waals surface area contributed by atoms with E-state index in [1.165, 1.54) is 0 Å². The minimum atomic E-state index is -4.51. The maximum Gasteiger partial charge on any atom is 0.303 e. The molecule has 0 amide bonds. The molecule has 0 aliphatic heterocycles. The lowest BCUT2D eigenvalue weighted by Crippen LogP contribution is -2.16. The third kappa shape index (κ3) is 5.28. The van der Waals surface area contributed by atoms with E-state index in [2.05, 4.69) is 10.0 Å². The van der Waals surface area contributed by atoms with Crippen molar-refractivity contribution in [2.24, 2.45) is 11.0 Å². The first kappa shape index (κ1) is 15.5. The Morgan fingerprint density at radius 3 is 2.32 bits per heavy atom. The van der Waals surface area contributed by atoms with Crippen LogP contribution in [0.1, 0.15) is 30.9 Å². The third-order valence-corrected chi connectivity index (χ3v) is 3.67. The predicted octanol–water partition coefficient (Wildman–Crippen LogP) is 3.54. The molecule has 0 bridgehead atoms. The van der Waals surface area contributed by atoms with Crippen LogP contribution in [-0.2, 0) is 16.8 Å². The molecular weight excluding hydrogens is 269 g/mol. The van der Waals surface area contributed by atoms with Crippen LogP contribution in [0.2, 0.25) is 0 Å². The van der Waals surface area contributed by atoms with E-state index in [1.54, 1.807) is 24.3 Å². The van der Waals surface area contributed by atoms with E-state index in [4.69, 9.17) is 5.53 Å². The maximum absolute atomic E-state index is 12.8. The van der Waals surface area contributed by atoms with E-state index in [1.807, 2.05) is 13.8 Å². The van der Waals surface area contributed by atoms with Gasteiger partial charge in [-0.25, -0.2) is 0 Å². The highest BCUT2D eigenvalue weighted by Gasteiger charge is 2.23. The summed E-state index contributed by atoms with van der Waals surface area (Å²) in [5.74, 6) is -0.891. The zero-order valence-corrected chi connectivity index (χ0v) is 11.6. The van der Waals surface area contributed by atoms with Gasteiger partial charge in [0.1, 0.15) is 0 Å². The van der Waals surface area contributed by atoms with Gasteiger partial charge in [-0.15, -0.1) is 3.89 Å². The Morgan fingerprint density at radius 1 is 1.32 bits per heavy atom. The summed E-state index contributed by atoms with van der Waals surface area (Å²) in [4.78, 5) is 2.66. The maximum atomic E-state index is 12.8. The summed E-state index contributed by atoms with van der Waals surface area (Å²) in [7, 11) is -4.51. The number of halogens is 1. The predicted molar refractivity (Wildman–Crippen MR) is 71.8 cm³/mol. The van der Waals surface area contributed by atoms with E-state index < -0.39 is 16.0 Å². The Labute approximate surface area is 112 Å². The molecule has 0 radical (unpaired) electrons. The largest absolute Gasteiger partial charge is 0.303 e. The number of rotatable bonds is 6. The van der Waals surface area contributed by atoms with Crippen LogP contribution in [0, 0.1) is 5.92 Å². The van der Waals surface area contributed by atoms with Crippen LogP contribution in [0.15, 0.2) is 29.4 Å². The second-order valence-corrected chi connectivity index (χ2v) is 6.10. The first-order chi connectivity index (χ1) is 8.83. The van der Waals surface area contributed by atoms with Crippen molar-refractivity contribution in [1.82, 2.24) is 0 Å². The molecule has 0 aromatic heterocycles. The Hall–Kier alpha value is -1.59. The van der Waals surface area contributed by atoms with Crippen LogP contribution in [0.25, 0.3) is 10.4 Å². The smallest absolute Gasteiger partial charge is 0.195 e. The molecule has 1 unspecified atom stereocenters. The fraction of sp³-hybridized carbons (Fsp3) is 0.500. The summed E-state index contributed by atoms with van der Waals surface area (Å²) in [5, 5.41) is 3.44. The average molecular weight is 285 g/mol. The van der Waals surface area contributed by atoms with Crippen LogP contribution >= 0.6 is 0 Å². The van der Waals surface area contributed by atoms with Gasteiger partial charge < -0.3 is 0 Å². The lowest BCUT2D eigenvalue weighted by atomic mass is 9.90. The first-order valence-electron chi connectivity index (χ1n) is 5.85. The fourth-order valence-corrected chi connectivity index (χ4v) is 2.88. The Kier molecular flexibility index (Phi) is 5.32. The van der Waals surface area contributed by atoms with Crippen LogP contribution in [0.4, 0.5) is 3.89 Å². The van der Waals surface area contributed by atoms with Gasteiger partial charge in [0.05, 0.1) is 12.3 Å². The van der Waals surface area contributed by atoms with Crippen molar-refractivity contribution in [3.63, 3.8) is 0 Å². The molecule has 0 heterocycles. The molecule has 0 aliphatic carbocycles. The zero-order valence-electron chi connectivity index (χ0n) is 10.8. The molecule has 0 spiro atoms. The first-order valence-corrected chi connectivity index (χ1v) is 7.41. The lowest BCUT2D eigenvalue weighted by molar-refractivity contribution is 0.501. The van der Waals surface area contributed by atoms with E-state index in [0.29, 0.717) is 0 Å². The molecule has 1 aromatic carbocycles. The molecule has 0 saturated carbocycles. The van der Waals surface area contributed by atoms with Gasteiger partial charge in [0.2, 0.25) is 0 Å². The van der Waals surface area contributed by atoms with Crippen molar-refractivity contribution in [2.45, 2.75) is 26.3 Å². The second kappa shape index (κ2) is 6.54. The van der Waals surface area contributed by atoms with Crippen molar-refractivity contribution in [1.29, 1.82) is 0 Å². The zero-order chi connectivity index (χ0) is 14.5. The van der Waals surface area contributed by atoms with Gasteiger partial charge in [-0.05, 0) is 22.6 Å². The highest BCUT2D eigenvalue weighted by Crippen LogP contribution is 2.27. The fourth-order valence-electron chi connectivity index (χ4n) is 1.87. The summed E-state index contributed by atoms with van der Waals surface area (Å²) in [6.07, 6.45) is 0. The van der Waals surface area contributed by atoms with Gasteiger partial charge in [0.25, 0.3) is 0 Å². The molecule has 1 atom stereocenters. The van der Waals surface area contributed by atoms with Gasteiger partial charge in [-0.3, -0.25) is 0 Å². The van der Waals surface area contributed by atoms with Crippen LogP contribution in [0.3, 0.4) is 0 Å². The number of benzene rings is 1. The molecule has 19 heavy (non-hydrogen) atoms. The number of hydrogen-bond donors (Lipinski definition) is 0. The van der Waals surface area contributed by atoms with Gasteiger partial charge in [-0.1, -0.05) is 43.2 Å². The van der Waals surface area contributed by atoms with Crippen molar-refractivity contribution >= 4 is 10.2 Å². The number of nitrogens with zero attached hydrogens (tertiary/aromatic N) is 3. The van der Waals surface area contributed by atoms with Gasteiger partial charge in [-0.2, -0.15) is 8.42 Å². The highest BCUT2D eigenvalue weighted by molar-refractivity contribution is 7.86. The lowest BCUT2D eigenvalue weighted by Gasteiger charge is -2.19. The van der Waals surface area contributed by atoms with Gasteiger partial charge >= 0.3 is 10.2 Å². The molecule has 7 heteroatoms. The van der Waals surface area contributed by atoms with Crippen molar-refractivity contribution in [3.8, 4) is 0 Å². The molecule has 5 nitrogen and oxygen atoms in total. The van der Waals surface area contributed by atoms with Gasteiger partial charge in [0, 0.05) is 10.8 Å². The summed E-state index contributed by atoms with van der Waals surface area (Å²) in [6.45, 7) is 3.94. The average Bonchev–Trinajstić information content (AvgIpc) is 2.33. The van der Waals surface area contributed by atoms with Crippen molar-refractivity contribution in [3.05, 3.63) is 45.8 Å². The normalized spacial score (nSPS) is 13.1. The monoisotopic (exact) mass is 285 g/mol. The summed E-state index contributed by atoms with van der Waals surface area (Å²) >= 11 is 0. The molecule has 1 rings (SSSR count). The second-order valence-electron chi connectivity index (χ2n) is 4.69. The van der Waals surface area contributed by atoms with E-state index in [-0.39, 0.29) is 18.4 Å². The minimum Gasteiger partial charge on any atom is -0.195 e. The number of hydrogen-bond acceptors (Lipinski definition) is 3. The Morgan fingerprint density at radius 2 is 1.89 bits per heavy atom. The van der Waals surface area contributed by atoms with Crippen LogP contribution in [0.5, 0.6) is 0 Å². The Bertz CT molecular complexity index is 563. The molecule has 1 aromatic rings. The molecule has 0 aliphatic rings. The number of azide groups is 1. The minimum absolute atomic E-state index is 0.00787. The Balaban J connectivity index is 2.94. The summed E-state index contributed by atoms with van der Waals surface area (Å²) < 4.78 is 34.5. The molecule has 0 fully saturated rings. The van der Waals surface area contributed by atoms with Gasteiger partial charge in [0.15, 0.2) is 0 Å². The van der Waals surface area contributed by atoms with E-state index in [0.717, 1.165) is 11.1 Å². The summed E-state index contributed by atoms with van der Waals surface area (Å²) in [6, 6.07) is 7.00. The molecule has 0 saturated heterocycles. The molecule has 0 N–H and O–H groups in total. The van der Waals surface area contributed by atoms with Crippen molar-refractivity contribution in [2.75, 3.05) is 5.75 Å². The van der Waals surface area contributed by atoms with Crippen LogP contribution in [-0.4, -0.2) is 14.2 Å². The van der Waals surface area contributed by atoms with Crippen LogP contribution < -0.4 is 0 Å². The highest BCUT2D eigenvalue weighted by atomic mass is 32.3. The third-order valence-electron chi connectivity index (χ3n) is 2.91.